The molecule has 1 aliphatic rings. The van der Waals surface area contributed by atoms with Crippen LogP contribution in [-0.4, -0.2) is 77.7 Å². The molecule has 0 aliphatic carbocycles. The number of nitrogens with zero attached hydrogens (tertiary/aromatic N) is 2. The summed E-state index contributed by atoms with van der Waals surface area (Å²) in [4.78, 5) is 33.4. The van der Waals surface area contributed by atoms with Gasteiger partial charge in [0.2, 0.25) is 10.0 Å². The molecule has 1 fully saturated rings. The fourth-order valence-electron chi connectivity index (χ4n) is 6.74. The largest absolute Gasteiger partial charge is 0.497 e. The molecule has 0 unspecified atom stereocenters. The Balaban J connectivity index is 1.18. The first-order valence-corrected chi connectivity index (χ1v) is 20.6. The van der Waals surface area contributed by atoms with E-state index in [-0.39, 0.29) is 22.2 Å². The number of carbonyl (C=O) groups is 2. The van der Waals surface area contributed by atoms with Crippen LogP contribution < -0.4 is 40.2 Å². The molecule has 0 atom stereocenters. The van der Waals surface area contributed by atoms with Gasteiger partial charge in [0.1, 0.15) is 28.0 Å². The number of fused-ring (bicyclic) bond motifs is 1. The molecule has 0 spiro atoms. The quantitative estimate of drug-likeness (QED) is 0.0744. The second-order valence-corrected chi connectivity index (χ2v) is 16.8. The van der Waals surface area contributed by atoms with Gasteiger partial charge in [0.05, 0.1) is 25.6 Å². The number of anilines is 4. The smallest absolute Gasteiger partial charge is 0.323 e. The summed E-state index contributed by atoms with van der Waals surface area (Å²) >= 11 is 0. The number of carbonyl (C=O) groups excluding carboxylic acids is 2. The number of nitrogens with one attached hydrogen (secondary N) is 5. The summed E-state index contributed by atoms with van der Waals surface area (Å²) in [6.45, 7) is 9.36. The number of methoxy groups -OCH3 is 2. The summed E-state index contributed by atoms with van der Waals surface area (Å²) in [6, 6.07) is 22.3. The second-order valence-electron chi connectivity index (χ2n) is 15.0. The Bertz CT molecular complexity index is 2390. The number of ether oxygens (including phenoxy) is 3. The van der Waals surface area contributed by atoms with Gasteiger partial charge in [0.15, 0.2) is 5.75 Å². The van der Waals surface area contributed by atoms with Crippen molar-refractivity contribution in [3.05, 3.63) is 96.2 Å². The Morgan fingerprint density at radius 1 is 0.828 bits per heavy atom. The first kappa shape index (κ1) is 41.7. The number of benzene rings is 4. The maximum Gasteiger partial charge on any atom is 0.323 e. The van der Waals surface area contributed by atoms with Crippen LogP contribution in [0.4, 0.5) is 27.7 Å². The minimum absolute atomic E-state index is 0.00761. The molecule has 1 saturated heterocycles. The van der Waals surface area contributed by atoms with E-state index in [4.69, 9.17) is 14.2 Å². The molecule has 15 heteroatoms. The molecule has 4 aromatic carbocycles. The van der Waals surface area contributed by atoms with Gasteiger partial charge in [-0.3, -0.25) is 4.79 Å². The average molecular weight is 810 g/mol. The number of hydrogen-bond acceptors (Lipinski definition) is 10. The summed E-state index contributed by atoms with van der Waals surface area (Å²) in [5, 5.41) is 13.4. The van der Waals surface area contributed by atoms with E-state index in [2.05, 4.69) is 35.9 Å². The Kier molecular flexibility index (Phi) is 13.0. The molecule has 2 heterocycles. The molecule has 0 saturated carbocycles. The van der Waals surface area contributed by atoms with E-state index in [0.717, 1.165) is 25.0 Å². The molecule has 5 N–H and O–H groups in total. The predicted octanol–water partition coefficient (Wildman–Crippen LogP) is 7.85. The molecule has 1 aromatic heterocycles. The van der Waals surface area contributed by atoms with Crippen LogP contribution in [0.2, 0.25) is 0 Å². The lowest BCUT2D eigenvalue weighted by atomic mass is 9.86. The highest BCUT2D eigenvalue weighted by molar-refractivity contribution is 7.89. The molecule has 58 heavy (non-hydrogen) atoms. The lowest BCUT2D eigenvalue weighted by molar-refractivity contribution is 0.0946. The maximum atomic E-state index is 13.5. The number of likely N-dealkylation sites (tertiary alicyclic amines) is 1. The van der Waals surface area contributed by atoms with Crippen LogP contribution in [0.1, 0.15) is 56.0 Å². The van der Waals surface area contributed by atoms with Crippen LogP contribution in [-0.2, 0) is 15.4 Å². The van der Waals surface area contributed by atoms with Gasteiger partial charge in [-0.1, -0.05) is 51.5 Å². The zero-order valence-electron chi connectivity index (χ0n) is 33.7. The number of aromatic nitrogens is 1. The first-order chi connectivity index (χ1) is 27.8. The lowest BCUT2D eigenvalue weighted by Crippen LogP contribution is -2.37. The molecule has 0 bridgehead atoms. The normalized spacial score (nSPS) is 13.4. The number of urea groups is 1. The van der Waals surface area contributed by atoms with Crippen molar-refractivity contribution in [2.45, 2.75) is 50.3 Å². The van der Waals surface area contributed by atoms with E-state index in [9.17, 15) is 18.0 Å². The van der Waals surface area contributed by atoms with Gasteiger partial charge >= 0.3 is 6.03 Å². The van der Waals surface area contributed by atoms with Crippen LogP contribution in [0, 0.1) is 0 Å². The van der Waals surface area contributed by atoms with Crippen LogP contribution >= 0.6 is 0 Å². The summed E-state index contributed by atoms with van der Waals surface area (Å²) in [7, 11) is 0.305. The Hall–Kier alpha value is -5.90. The number of piperidine rings is 1. The van der Waals surface area contributed by atoms with Crippen LogP contribution in [0.3, 0.4) is 0 Å². The maximum absolute atomic E-state index is 13.5. The Morgan fingerprint density at radius 3 is 2.28 bits per heavy atom. The zero-order chi connectivity index (χ0) is 41.5. The number of rotatable bonds is 14. The van der Waals surface area contributed by atoms with Crippen molar-refractivity contribution in [2.24, 2.45) is 0 Å². The van der Waals surface area contributed by atoms with Crippen molar-refractivity contribution in [1.29, 1.82) is 0 Å². The van der Waals surface area contributed by atoms with Gasteiger partial charge in [0, 0.05) is 53.4 Å². The second kappa shape index (κ2) is 18.1. The average Bonchev–Trinajstić information content (AvgIpc) is 3.21. The number of pyridine rings is 1. The molecule has 0 radical (unpaired) electrons. The third kappa shape index (κ3) is 10.1. The van der Waals surface area contributed by atoms with Crippen molar-refractivity contribution in [1.82, 2.24) is 19.9 Å². The predicted molar refractivity (Wildman–Crippen MR) is 228 cm³/mol. The van der Waals surface area contributed by atoms with Gasteiger partial charge in [-0.25, -0.2) is 22.9 Å². The van der Waals surface area contributed by atoms with Gasteiger partial charge in [-0.2, -0.15) is 0 Å². The summed E-state index contributed by atoms with van der Waals surface area (Å²) in [6.07, 6.45) is 5.27. The number of hydrogen-bond donors (Lipinski definition) is 5. The fourth-order valence-corrected chi connectivity index (χ4v) is 7.68. The summed E-state index contributed by atoms with van der Waals surface area (Å²) in [5.41, 5.74) is 2.03. The standard InChI is InChI=1S/C43H51N7O7S/c1-43(2,3)29-24-36(40(56-6)38(25-29)58(53,54)44-4)49-42(52)48-35-14-15-37(34-13-9-8-12-33(34)35)57-31-16-17-45-39(27-31)47-30-22-28(23-32(26-30)55-5)41(51)46-18-21-50-19-10-7-11-20-50/h8-9,12-17,22-27,44H,7,10-11,18-21H2,1-6H3,(H,45,47)(H,46,51)(H2,48,49,52). The highest BCUT2D eigenvalue weighted by Crippen LogP contribution is 2.39. The minimum atomic E-state index is -3.92. The Labute approximate surface area is 339 Å². The van der Waals surface area contributed by atoms with Gasteiger partial charge in [-0.05, 0) is 86.4 Å². The highest BCUT2D eigenvalue weighted by atomic mass is 32.2. The van der Waals surface area contributed by atoms with Crippen molar-refractivity contribution >= 4 is 55.6 Å². The summed E-state index contributed by atoms with van der Waals surface area (Å²) in [5.74, 6) is 1.86. The van der Waals surface area contributed by atoms with Crippen molar-refractivity contribution in [3.63, 3.8) is 0 Å². The first-order valence-electron chi connectivity index (χ1n) is 19.1. The van der Waals surface area contributed by atoms with E-state index in [1.54, 1.807) is 67.9 Å². The molecule has 1 aliphatic heterocycles. The van der Waals surface area contributed by atoms with E-state index >= 15 is 0 Å². The minimum Gasteiger partial charge on any atom is -0.497 e. The molecule has 3 amide bonds. The van der Waals surface area contributed by atoms with Crippen molar-refractivity contribution in [2.75, 3.05) is 63.4 Å². The van der Waals surface area contributed by atoms with E-state index in [0.29, 0.717) is 57.5 Å². The molecule has 306 valence electrons. The third-order valence-corrected chi connectivity index (χ3v) is 11.3. The molecular formula is C43H51N7O7S. The van der Waals surface area contributed by atoms with Crippen LogP contribution in [0.15, 0.2) is 90.0 Å². The van der Waals surface area contributed by atoms with E-state index in [1.807, 2.05) is 45.0 Å². The monoisotopic (exact) mass is 809 g/mol. The van der Waals surface area contributed by atoms with E-state index in [1.165, 1.54) is 33.4 Å². The summed E-state index contributed by atoms with van der Waals surface area (Å²) < 4.78 is 45.7. The molecule has 14 nitrogen and oxygen atoms in total. The van der Waals surface area contributed by atoms with E-state index < -0.39 is 21.5 Å². The number of sulfonamides is 1. The topological polar surface area (TPSA) is 172 Å². The Morgan fingerprint density at radius 2 is 1.57 bits per heavy atom. The molecule has 6 rings (SSSR count). The highest BCUT2D eigenvalue weighted by Gasteiger charge is 2.27. The molecule has 5 aromatic rings. The zero-order valence-corrected chi connectivity index (χ0v) is 34.5. The van der Waals surface area contributed by atoms with Crippen molar-refractivity contribution in [3.8, 4) is 23.0 Å². The van der Waals surface area contributed by atoms with Gasteiger partial charge in [0.25, 0.3) is 5.91 Å². The van der Waals surface area contributed by atoms with Gasteiger partial charge in [-0.15, -0.1) is 0 Å². The third-order valence-electron chi connectivity index (χ3n) is 9.86. The number of amides is 3. The van der Waals surface area contributed by atoms with Crippen molar-refractivity contribution < 1.29 is 32.2 Å². The SMILES string of the molecule is CNS(=O)(=O)c1cc(C(C)(C)C)cc(NC(=O)Nc2ccc(Oc3ccnc(Nc4cc(OC)cc(C(=O)NCCN5CCCCC5)c4)c3)c3ccccc23)c1OC. The van der Waals surface area contributed by atoms with Crippen LogP contribution in [0.5, 0.6) is 23.0 Å². The van der Waals surface area contributed by atoms with Crippen LogP contribution in [0.25, 0.3) is 10.8 Å². The van der Waals surface area contributed by atoms with Gasteiger partial charge < -0.3 is 40.4 Å². The lowest BCUT2D eigenvalue weighted by Gasteiger charge is -2.26. The molecular weight excluding hydrogens is 759 g/mol. The fraction of sp³-hybridized carbons (Fsp3) is 0.326.